The normalized spacial score (nSPS) is 14.1. The fourth-order valence-corrected chi connectivity index (χ4v) is 2.54. The largest absolute Gasteiger partial charge is 0.374 e. The Kier molecular flexibility index (Phi) is 4.96. The number of hydrogen-bond donors (Lipinski definition) is 1. The number of ether oxygens (including phenoxy) is 1. The Hall–Kier alpha value is -0.380. The molecule has 0 aliphatic rings. The highest BCUT2D eigenvalue weighted by atomic mass is 32.1. The summed E-state index contributed by atoms with van der Waals surface area (Å²) in [7, 11) is 0. The molecule has 0 saturated carbocycles. The van der Waals surface area contributed by atoms with E-state index >= 15 is 0 Å². The van der Waals surface area contributed by atoms with Gasteiger partial charge < -0.3 is 10.1 Å². The van der Waals surface area contributed by atoms with Crippen molar-refractivity contribution >= 4 is 11.3 Å². The van der Waals surface area contributed by atoms with E-state index in [2.05, 4.69) is 51.4 Å². The quantitative estimate of drug-likeness (QED) is 0.851. The molecule has 1 unspecified atom stereocenters. The molecular weight excluding hydrogens is 218 g/mol. The predicted molar refractivity (Wildman–Crippen MR) is 71.2 cm³/mol. The maximum absolute atomic E-state index is 5.87. The zero-order valence-corrected chi connectivity index (χ0v) is 11.8. The summed E-state index contributed by atoms with van der Waals surface area (Å²) in [5.74, 6) is 0. The fraction of sp³-hybridized carbons (Fsp3) is 0.692. The smallest absolute Gasteiger partial charge is 0.0676 e. The van der Waals surface area contributed by atoms with Gasteiger partial charge in [0.25, 0.3) is 0 Å². The summed E-state index contributed by atoms with van der Waals surface area (Å²) in [4.78, 5) is 1.39. The standard InChI is InChI=1S/C13H23NOS/c1-6-14-11(9-15-13(3,4)5)12-10(2)7-8-16-12/h7-8,11,14H,6,9H2,1-5H3. The number of aryl methyl sites for hydroxylation is 1. The summed E-state index contributed by atoms with van der Waals surface area (Å²) in [5.41, 5.74) is 1.28. The van der Waals surface area contributed by atoms with E-state index in [0.29, 0.717) is 6.04 Å². The summed E-state index contributed by atoms with van der Waals surface area (Å²) >= 11 is 1.81. The van der Waals surface area contributed by atoms with Crippen LogP contribution in [-0.2, 0) is 4.74 Å². The van der Waals surface area contributed by atoms with Gasteiger partial charge in [0, 0.05) is 4.88 Å². The van der Waals surface area contributed by atoms with Gasteiger partial charge >= 0.3 is 0 Å². The molecule has 0 aromatic carbocycles. The Morgan fingerprint density at radius 1 is 1.44 bits per heavy atom. The highest BCUT2D eigenvalue weighted by Gasteiger charge is 2.18. The van der Waals surface area contributed by atoms with Gasteiger partial charge in [-0.25, -0.2) is 0 Å². The van der Waals surface area contributed by atoms with Crippen LogP contribution in [0.3, 0.4) is 0 Å². The molecular formula is C13H23NOS. The first kappa shape index (κ1) is 13.7. The van der Waals surface area contributed by atoms with Crippen LogP contribution in [-0.4, -0.2) is 18.8 Å². The lowest BCUT2D eigenvalue weighted by atomic mass is 10.1. The second-order valence-electron chi connectivity index (χ2n) is 5.00. The average molecular weight is 241 g/mol. The molecule has 3 heteroatoms. The first-order valence-corrected chi connectivity index (χ1v) is 6.73. The molecule has 1 aromatic heterocycles. The van der Waals surface area contributed by atoms with E-state index in [4.69, 9.17) is 4.74 Å². The van der Waals surface area contributed by atoms with E-state index < -0.39 is 0 Å². The number of likely N-dealkylation sites (N-methyl/N-ethyl adjacent to an activating group) is 1. The Balaban J connectivity index is 2.65. The van der Waals surface area contributed by atoms with Gasteiger partial charge in [-0.1, -0.05) is 6.92 Å². The molecule has 1 rings (SSSR count). The van der Waals surface area contributed by atoms with E-state index in [0.717, 1.165) is 13.2 Å². The van der Waals surface area contributed by atoms with E-state index in [9.17, 15) is 0 Å². The first-order chi connectivity index (χ1) is 7.44. The highest BCUT2D eigenvalue weighted by molar-refractivity contribution is 7.10. The fourth-order valence-electron chi connectivity index (χ4n) is 1.55. The lowest BCUT2D eigenvalue weighted by molar-refractivity contribution is -0.0142. The topological polar surface area (TPSA) is 21.3 Å². The number of hydrogen-bond acceptors (Lipinski definition) is 3. The van der Waals surface area contributed by atoms with Crippen molar-refractivity contribution in [3.05, 3.63) is 21.9 Å². The van der Waals surface area contributed by atoms with Crippen molar-refractivity contribution in [1.82, 2.24) is 5.32 Å². The SMILES string of the molecule is CCNC(COC(C)(C)C)c1sccc1C. The van der Waals surface area contributed by atoms with Crippen LogP contribution in [0.15, 0.2) is 11.4 Å². The van der Waals surface area contributed by atoms with Crippen LogP contribution < -0.4 is 5.32 Å². The van der Waals surface area contributed by atoms with Crippen LogP contribution in [0.25, 0.3) is 0 Å². The number of rotatable bonds is 5. The van der Waals surface area contributed by atoms with Gasteiger partial charge in [0.05, 0.1) is 18.2 Å². The molecule has 0 spiro atoms. The zero-order valence-electron chi connectivity index (χ0n) is 11.0. The Morgan fingerprint density at radius 3 is 2.56 bits per heavy atom. The Morgan fingerprint density at radius 2 is 2.12 bits per heavy atom. The molecule has 1 heterocycles. The van der Waals surface area contributed by atoms with Gasteiger partial charge in [0.15, 0.2) is 0 Å². The average Bonchev–Trinajstić information content (AvgIpc) is 2.57. The van der Waals surface area contributed by atoms with Crippen molar-refractivity contribution in [2.45, 2.75) is 46.3 Å². The lowest BCUT2D eigenvalue weighted by Crippen LogP contribution is -2.30. The van der Waals surface area contributed by atoms with Gasteiger partial charge in [-0.3, -0.25) is 0 Å². The van der Waals surface area contributed by atoms with Crippen molar-refractivity contribution in [2.75, 3.05) is 13.2 Å². The van der Waals surface area contributed by atoms with Crippen LogP contribution in [0.4, 0.5) is 0 Å². The van der Waals surface area contributed by atoms with Crippen LogP contribution in [0, 0.1) is 6.92 Å². The summed E-state index contributed by atoms with van der Waals surface area (Å²) in [5, 5.41) is 5.63. The Labute approximate surface area is 103 Å². The summed E-state index contributed by atoms with van der Waals surface area (Å²) in [6.45, 7) is 12.3. The molecule has 0 bridgehead atoms. The van der Waals surface area contributed by atoms with Crippen LogP contribution >= 0.6 is 11.3 Å². The third kappa shape index (κ3) is 4.24. The highest BCUT2D eigenvalue weighted by Crippen LogP contribution is 2.25. The molecule has 1 aromatic rings. The van der Waals surface area contributed by atoms with Gasteiger partial charge in [0.2, 0.25) is 0 Å². The van der Waals surface area contributed by atoms with Crippen molar-refractivity contribution in [1.29, 1.82) is 0 Å². The monoisotopic (exact) mass is 241 g/mol. The Bertz CT molecular complexity index is 314. The minimum atomic E-state index is -0.0706. The van der Waals surface area contributed by atoms with Crippen molar-refractivity contribution in [2.24, 2.45) is 0 Å². The van der Waals surface area contributed by atoms with Gasteiger partial charge in [-0.15, -0.1) is 11.3 Å². The van der Waals surface area contributed by atoms with Gasteiger partial charge in [-0.05, 0) is 51.2 Å². The van der Waals surface area contributed by atoms with Gasteiger partial charge in [-0.2, -0.15) is 0 Å². The minimum absolute atomic E-state index is 0.0706. The maximum Gasteiger partial charge on any atom is 0.0676 e. The summed E-state index contributed by atoms with van der Waals surface area (Å²) in [6.07, 6.45) is 0. The number of thiophene rings is 1. The molecule has 16 heavy (non-hydrogen) atoms. The molecule has 0 saturated heterocycles. The van der Waals surface area contributed by atoms with E-state index in [1.807, 2.05) is 0 Å². The van der Waals surface area contributed by atoms with Gasteiger partial charge in [0.1, 0.15) is 0 Å². The minimum Gasteiger partial charge on any atom is -0.374 e. The third-order valence-electron chi connectivity index (χ3n) is 2.35. The van der Waals surface area contributed by atoms with Crippen molar-refractivity contribution in [3.63, 3.8) is 0 Å². The molecule has 0 aliphatic heterocycles. The predicted octanol–water partition coefficient (Wildman–Crippen LogP) is 3.52. The first-order valence-electron chi connectivity index (χ1n) is 5.85. The molecule has 0 fully saturated rings. The van der Waals surface area contributed by atoms with E-state index in [-0.39, 0.29) is 5.60 Å². The van der Waals surface area contributed by atoms with Crippen LogP contribution in [0.2, 0.25) is 0 Å². The number of nitrogens with one attached hydrogen (secondary N) is 1. The van der Waals surface area contributed by atoms with E-state index in [1.54, 1.807) is 11.3 Å². The summed E-state index contributed by atoms with van der Waals surface area (Å²) < 4.78 is 5.87. The summed E-state index contributed by atoms with van der Waals surface area (Å²) in [6, 6.07) is 2.49. The second kappa shape index (κ2) is 5.80. The van der Waals surface area contributed by atoms with Crippen LogP contribution in [0.1, 0.15) is 44.2 Å². The van der Waals surface area contributed by atoms with Crippen molar-refractivity contribution < 1.29 is 4.74 Å². The van der Waals surface area contributed by atoms with Crippen LogP contribution in [0.5, 0.6) is 0 Å². The molecule has 2 nitrogen and oxygen atoms in total. The van der Waals surface area contributed by atoms with Crippen molar-refractivity contribution in [3.8, 4) is 0 Å². The molecule has 92 valence electrons. The second-order valence-corrected chi connectivity index (χ2v) is 5.95. The zero-order chi connectivity index (χ0) is 12.2. The van der Waals surface area contributed by atoms with E-state index in [1.165, 1.54) is 10.4 Å². The molecule has 0 radical (unpaired) electrons. The lowest BCUT2D eigenvalue weighted by Gasteiger charge is -2.25. The third-order valence-corrected chi connectivity index (χ3v) is 3.48. The molecule has 1 atom stereocenters. The molecule has 0 aliphatic carbocycles. The molecule has 0 amide bonds. The molecule has 1 N–H and O–H groups in total. The maximum atomic E-state index is 5.87.